The van der Waals surface area contributed by atoms with E-state index in [1.165, 1.54) is 30.9 Å². The zero-order valence-corrected chi connectivity index (χ0v) is 25.8. The van der Waals surface area contributed by atoms with Crippen LogP contribution in [-0.2, 0) is 35.5 Å². The van der Waals surface area contributed by atoms with Crippen molar-refractivity contribution in [1.82, 2.24) is 30.0 Å². The van der Waals surface area contributed by atoms with Crippen LogP contribution >= 0.6 is 0 Å². The van der Waals surface area contributed by atoms with Crippen molar-refractivity contribution in [3.8, 4) is 11.1 Å². The summed E-state index contributed by atoms with van der Waals surface area (Å²) in [6.45, 7) is 7.85. The molecule has 0 unspecified atom stereocenters. The Labute approximate surface area is 257 Å². The molecular formula is C35H38N6O3. The van der Waals surface area contributed by atoms with Crippen molar-refractivity contribution in [2.24, 2.45) is 5.41 Å². The summed E-state index contributed by atoms with van der Waals surface area (Å²) in [5.74, 6) is 0.246. The van der Waals surface area contributed by atoms with Gasteiger partial charge in [0.2, 0.25) is 11.8 Å². The first-order valence-electron chi connectivity index (χ1n) is 15.6. The topological polar surface area (TPSA) is 110 Å². The lowest BCUT2D eigenvalue weighted by Gasteiger charge is -2.27. The minimum atomic E-state index is -0.521. The van der Waals surface area contributed by atoms with Gasteiger partial charge in [-0.3, -0.25) is 19.1 Å². The molecule has 2 aromatic carbocycles. The van der Waals surface area contributed by atoms with Gasteiger partial charge in [-0.25, -0.2) is 9.97 Å². The predicted molar refractivity (Wildman–Crippen MR) is 167 cm³/mol. The number of fused-ring (bicyclic) bond motifs is 3. The van der Waals surface area contributed by atoms with Crippen molar-refractivity contribution >= 4 is 28.5 Å². The van der Waals surface area contributed by atoms with Gasteiger partial charge in [0, 0.05) is 42.9 Å². The van der Waals surface area contributed by atoms with Gasteiger partial charge >= 0.3 is 0 Å². The molecule has 0 bridgehead atoms. The maximum absolute atomic E-state index is 14.0. The molecule has 2 aliphatic carbocycles. The number of benzene rings is 2. The summed E-state index contributed by atoms with van der Waals surface area (Å²) >= 11 is 0. The van der Waals surface area contributed by atoms with Gasteiger partial charge in [0.25, 0.3) is 0 Å². The maximum atomic E-state index is 14.0. The van der Waals surface area contributed by atoms with Gasteiger partial charge in [0.1, 0.15) is 24.1 Å². The van der Waals surface area contributed by atoms with Crippen molar-refractivity contribution < 1.29 is 14.4 Å². The number of hydrogen-bond acceptors (Lipinski definition) is 6. The zero-order chi connectivity index (χ0) is 30.7. The summed E-state index contributed by atoms with van der Waals surface area (Å²) in [4.78, 5) is 50.6. The molecule has 1 aliphatic heterocycles. The van der Waals surface area contributed by atoms with Gasteiger partial charge in [-0.2, -0.15) is 5.10 Å². The second kappa shape index (κ2) is 10.6. The molecule has 1 N–H and O–H groups in total. The summed E-state index contributed by atoms with van der Waals surface area (Å²) < 4.78 is 1.64. The number of ketones is 1. The highest BCUT2D eigenvalue weighted by Crippen LogP contribution is 2.59. The molecule has 4 aromatic rings. The molecule has 0 radical (unpaired) electrons. The van der Waals surface area contributed by atoms with Crippen LogP contribution in [0.1, 0.15) is 78.1 Å². The molecule has 2 amide bonds. The number of nitrogens with one attached hydrogen (secondary N) is 1. The molecule has 1 saturated heterocycles. The summed E-state index contributed by atoms with van der Waals surface area (Å²) in [6.07, 6.45) is 9.75. The lowest BCUT2D eigenvalue weighted by molar-refractivity contribution is -0.140. The zero-order valence-electron chi connectivity index (χ0n) is 25.8. The molecule has 44 heavy (non-hydrogen) atoms. The standard InChI is InChI=1S/C35H38N6O3/c1-20-11-26(27-17-36-22(3)37-18-27)13-28-32(21(2)42)39-40(33(20)28)19-31(43)41-29(14-35(4)15-30(35)41)34(44)38-16-23-9-10-24-7-5-6-8-25(24)12-23/h9-13,17-18,29-30H,5-8,14-16,19H2,1-4H3,(H,38,44)/t29-,30+,35-/m0/s1. The third-order valence-corrected chi connectivity index (χ3v) is 9.87. The second-order valence-electron chi connectivity index (χ2n) is 13.2. The molecule has 226 valence electrons. The van der Waals surface area contributed by atoms with Gasteiger partial charge in [-0.05, 0) is 97.7 Å². The number of hydrogen-bond donors (Lipinski definition) is 1. The fourth-order valence-corrected chi connectivity index (χ4v) is 7.38. The smallest absolute Gasteiger partial charge is 0.245 e. The van der Waals surface area contributed by atoms with E-state index in [1.807, 2.05) is 26.0 Å². The minimum absolute atomic E-state index is 0.0397. The maximum Gasteiger partial charge on any atom is 0.245 e. The Morgan fingerprint density at radius 1 is 0.977 bits per heavy atom. The number of likely N-dealkylation sites (tertiary alicyclic amines) is 1. The fourth-order valence-electron chi connectivity index (χ4n) is 7.38. The summed E-state index contributed by atoms with van der Waals surface area (Å²) in [5, 5.41) is 8.45. The Balaban J connectivity index is 1.13. The van der Waals surface area contributed by atoms with Gasteiger partial charge < -0.3 is 10.2 Å². The van der Waals surface area contributed by atoms with Crippen molar-refractivity contribution in [2.45, 2.75) is 91.4 Å². The third kappa shape index (κ3) is 4.98. The molecule has 0 spiro atoms. The quantitative estimate of drug-likeness (QED) is 0.307. The van der Waals surface area contributed by atoms with Gasteiger partial charge in [0.05, 0.1) is 5.52 Å². The molecular weight excluding hydrogens is 552 g/mol. The average molecular weight is 591 g/mol. The van der Waals surface area contributed by atoms with Crippen molar-refractivity contribution in [1.29, 1.82) is 0 Å². The third-order valence-electron chi connectivity index (χ3n) is 9.87. The number of aromatic nitrogens is 4. The number of amides is 2. The predicted octanol–water partition coefficient (Wildman–Crippen LogP) is 4.89. The summed E-state index contributed by atoms with van der Waals surface area (Å²) in [7, 11) is 0. The van der Waals surface area contributed by atoms with Crippen LogP contribution in [-0.4, -0.2) is 54.3 Å². The van der Waals surface area contributed by atoms with Crippen LogP contribution < -0.4 is 5.32 Å². The van der Waals surface area contributed by atoms with E-state index in [0.717, 1.165) is 47.0 Å². The normalized spacial score (nSPS) is 22.0. The van der Waals surface area contributed by atoms with Crippen LogP contribution in [0.25, 0.3) is 22.0 Å². The molecule has 1 saturated carbocycles. The van der Waals surface area contributed by atoms with E-state index in [4.69, 9.17) is 0 Å². The number of carbonyl (C=O) groups is 3. The monoisotopic (exact) mass is 590 g/mol. The van der Waals surface area contributed by atoms with Gasteiger partial charge in [0.15, 0.2) is 5.78 Å². The SMILES string of the molecule is CC(=O)c1nn(CC(=O)N2[C@H](C(=O)NCc3ccc4c(c3)CCCC4)C[C@@]3(C)C[C@@H]23)c2c(C)cc(-c3cnc(C)nc3)cc12. The molecule has 7 rings (SSSR count). The lowest BCUT2D eigenvalue weighted by Crippen LogP contribution is -2.48. The summed E-state index contributed by atoms with van der Waals surface area (Å²) in [5.41, 5.74) is 7.54. The average Bonchev–Trinajstić information content (AvgIpc) is 3.36. The van der Waals surface area contributed by atoms with Gasteiger partial charge in [-0.15, -0.1) is 0 Å². The first kappa shape index (κ1) is 28.4. The Morgan fingerprint density at radius 3 is 2.48 bits per heavy atom. The Kier molecular flexibility index (Phi) is 6.86. The van der Waals surface area contributed by atoms with Crippen LogP contribution in [0.4, 0.5) is 0 Å². The number of piperidine rings is 1. The number of nitrogens with zero attached hydrogens (tertiary/aromatic N) is 5. The van der Waals surface area contributed by atoms with Crippen LogP contribution in [0.3, 0.4) is 0 Å². The highest BCUT2D eigenvalue weighted by Gasteiger charge is 2.64. The van der Waals surface area contributed by atoms with E-state index < -0.39 is 6.04 Å². The Bertz CT molecular complexity index is 1830. The van der Waals surface area contributed by atoms with Crippen molar-refractivity contribution in [2.75, 3.05) is 0 Å². The fraction of sp³-hybridized carbons (Fsp3) is 0.429. The van der Waals surface area contributed by atoms with E-state index in [-0.39, 0.29) is 35.6 Å². The second-order valence-corrected chi connectivity index (χ2v) is 13.2. The van der Waals surface area contributed by atoms with E-state index in [2.05, 4.69) is 45.5 Å². The molecule has 9 heteroatoms. The number of aryl methyl sites for hydroxylation is 4. The van der Waals surface area contributed by atoms with E-state index >= 15 is 0 Å². The van der Waals surface area contributed by atoms with Crippen LogP contribution in [0.15, 0.2) is 42.7 Å². The highest BCUT2D eigenvalue weighted by molar-refractivity contribution is 6.07. The molecule has 9 nitrogen and oxygen atoms in total. The van der Waals surface area contributed by atoms with Crippen molar-refractivity contribution in [3.05, 3.63) is 76.5 Å². The van der Waals surface area contributed by atoms with Crippen LogP contribution in [0, 0.1) is 19.3 Å². The number of rotatable bonds is 7. The van der Waals surface area contributed by atoms with Crippen LogP contribution in [0.2, 0.25) is 0 Å². The van der Waals surface area contributed by atoms with Gasteiger partial charge in [-0.1, -0.05) is 25.1 Å². The highest BCUT2D eigenvalue weighted by atomic mass is 16.2. The molecule has 3 heterocycles. The molecule has 2 aromatic heterocycles. The van der Waals surface area contributed by atoms with E-state index in [9.17, 15) is 14.4 Å². The first-order chi connectivity index (χ1) is 21.1. The Hall–Kier alpha value is -4.40. The summed E-state index contributed by atoms with van der Waals surface area (Å²) in [6, 6.07) is 9.97. The molecule has 2 fully saturated rings. The molecule has 3 atom stereocenters. The van der Waals surface area contributed by atoms with Crippen LogP contribution in [0.5, 0.6) is 0 Å². The minimum Gasteiger partial charge on any atom is -0.350 e. The van der Waals surface area contributed by atoms with E-state index in [0.29, 0.717) is 29.9 Å². The Morgan fingerprint density at radius 2 is 1.73 bits per heavy atom. The first-order valence-corrected chi connectivity index (χ1v) is 15.6. The lowest BCUT2D eigenvalue weighted by atomic mass is 9.90. The largest absolute Gasteiger partial charge is 0.350 e. The molecule has 3 aliphatic rings. The van der Waals surface area contributed by atoms with E-state index in [1.54, 1.807) is 22.0 Å². The van der Waals surface area contributed by atoms with Crippen molar-refractivity contribution in [3.63, 3.8) is 0 Å². The number of carbonyl (C=O) groups excluding carboxylic acids is 3. The number of Topliss-reactive ketones (excluding diaryl/α,β-unsaturated/α-hetero) is 1.